The molecule has 21 heavy (non-hydrogen) atoms. The van der Waals surface area contributed by atoms with Crippen molar-refractivity contribution in [2.24, 2.45) is 0 Å². The molecular weight excluding hydrogens is 262 g/mol. The maximum Gasteiger partial charge on any atom is 0.227 e. The SMILES string of the molecule is CCCN(CCC)C(=O)Cc1cnn(-c2ccccc2)c1. The van der Waals surface area contributed by atoms with Crippen molar-refractivity contribution in [3.05, 3.63) is 48.3 Å². The summed E-state index contributed by atoms with van der Waals surface area (Å²) in [6.45, 7) is 5.87. The van der Waals surface area contributed by atoms with E-state index in [0.717, 1.165) is 37.2 Å². The van der Waals surface area contributed by atoms with Crippen LogP contribution in [-0.2, 0) is 11.2 Å². The summed E-state index contributed by atoms with van der Waals surface area (Å²) < 4.78 is 1.81. The first-order valence-electron chi connectivity index (χ1n) is 7.61. The smallest absolute Gasteiger partial charge is 0.227 e. The van der Waals surface area contributed by atoms with Crippen LogP contribution in [0.1, 0.15) is 32.3 Å². The summed E-state index contributed by atoms with van der Waals surface area (Å²) in [6.07, 6.45) is 6.13. The fraction of sp³-hybridized carbons (Fsp3) is 0.412. The summed E-state index contributed by atoms with van der Waals surface area (Å²) in [5.74, 6) is 0.186. The molecule has 0 saturated heterocycles. The summed E-state index contributed by atoms with van der Waals surface area (Å²) in [5.41, 5.74) is 1.97. The van der Waals surface area contributed by atoms with Gasteiger partial charge in [-0.25, -0.2) is 4.68 Å². The molecule has 0 unspecified atom stereocenters. The van der Waals surface area contributed by atoms with Crippen LogP contribution in [0, 0.1) is 0 Å². The van der Waals surface area contributed by atoms with Gasteiger partial charge in [-0.05, 0) is 30.5 Å². The van der Waals surface area contributed by atoms with Crippen LogP contribution in [0.4, 0.5) is 0 Å². The van der Waals surface area contributed by atoms with Gasteiger partial charge in [-0.15, -0.1) is 0 Å². The molecule has 1 heterocycles. The summed E-state index contributed by atoms with van der Waals surface area (Å²) >= 11 is 0. The summed E-state index contributed by atoms with van der Waals surface area (Å²) in [5, 5.41) is 4.34. The summed E-state index contributed by atoms with van der Waals surface area (Å²) in [4.78, 5) is 14.3. The maximum absolute atomic E-state index is 12.3. The molecule has 0 fully saturated rings. The highest BCUT2D eigenvalue weighted by atomic mass is 16.2. The van der Waals surface area contributed by atoms with E-state index in [1.165, 1.54) is 0 Å². The molecule has 4 nitrogen and oxygen atoms in total. The van der Waals surface area contributed by atoms with Gasteiger partial charge in [0.05, 0.1) is 18.3 Å². The Hall–Kier alpha value is -2.10. The van der Waals surface area contributed by atoms with Crippen LogP contribution in [0.2, 0.25) is 0 Å². The number of amides is 1. The number of para-hydroxylation sites is 1. The lowest BCUT2D eigenvalue weighted by Gasteiger charge is -2.21. The first kappa shape index (κ1) is 15.3. The lowest BCUT2D eigenvalue weighted by molar-refractivity contribution is -0.130. The van der Waals surface area contributed by atoms with Crippen LogP contribution >= 0.6 is 0 Å². The molecule has 0 bridgehead atoms. The van der Waals surface area contributed by atoms with Crippen LogP contribution in [0.25, 0.3) is 5.69 Å². The van der Waals surface area contributed by atoms with E-state index in [-0.39, 0.29) is 5.91 Å². The predicted molar refractivity (Wildman–Crippen MR) is 84.4 cm³/mol. The molecular formula is C17H23N3O. The van der Waals surface area contributed by atoms with Crippen molar-refractivity contribution in [1.29, 1.82) is 0 Å². The molecule has 0 aliphatic rings. The van der Waals surface area contributed by atoms with Crippen LogP contribution in [-0.4, -0.2) is 33.7 Å². The van der Waals surface area contributed by atoms with Crippen molar-refractivity contribution >= 4 is 5.91 Å². The fourth-order valence-electron chi connectivity index (χ4n) is 2.36. The Kier molecular flexibility index (Phi) is 5.55. The monoisotopic (exact) mass is 285 g/mol. The third kappa shape index (κ3) is 4.18. The molecule has 0 atom stereocenters. The van der Waals surface area contributed by atoms with Gasteiger partial charge in [-0.2, -0.15) is 5.10 Å². The Bertz CT molecular complexity index is 556. The minimum Gasteiger partial charge on any atom is -0.342 e. The zero-order chi connectivity index (χ0) is 15.1. The highest BCUT2D eigenvalue weighted by molar-refractivity contribution is 5.78. The molecule has 1 amide bonds. The van der Waals surface area contributed by atoms with Crippen molar-refractivity contribution in [1.82, 2.24) is 14.7 Å². The molecule has 4 heteroatoms. The van der Waals surface area contributed by atoms with Crippen molar-refractivity contribution in [3.63, 3.8) is 0 Å². The molecule has 0 spiro atoms. The van der Waals surface area contributed by atoms with E-state index in [4.69, 9.17) is 0 Å². The number of carbonyl (C=O) groups excluding carboxylic acids is 1. The standard InChI is InChI=1S/C17H23N3O/c1-3-10-19(11-4-2)17(21)12-15-13-18-20(14-15)16-8-6-5-7-9-16/h5-9,13-14H,3-4,10-12H2,1-2H3. The van der Waals surface area contributed by atoms with Gasteiger partial charge in [-0.1, -0.05) is 32.0 Å². The molecule has 0 N–H and O–H groups in total. The van der Waals surface area contributed by atoms with E-state index >= 15 is 0 Å². The Labute approximate surface area is 126 Å². The summed E-state index contributed by atoms with van der Waals surface area (Å²) in [7, 11) is 0. The predicted octanol–water partition coefficient (Wildman–Crippen LogP) is 3.06. The van der Waals surface area contributed by atoms with Crippen LogP contribution in [0.5, 0.6) is 0 Å². The first-order chi connectivity index (χ1) is 10.2. The molecule has 2 rings (SSSR count). The Morgan fingerprint density at radius 3 is 2.43 bits per heavy atom. The molecule has 0 aliphatic heterocycles. The number of rotatable bonds is 7. The Balaban J connectivity index is 2.03. The van der Waals surface area contributed by atoms with Gasteiger partial charge in [0.25, 0.3) is 0 Å². The van der Waals surface area contributed by atoms with Crippen molar-refractivity contribution in [2.45, 2.75) is 33.1 Å². The number of hydrogen-bond acceptors (Lipinski definition) is 2. The van der Waals surface area contributed by atoms with Crippen LogP contribution in [0.15, 0.2) is 42.7 Å². The van der Waals surface area contributed by atoms with Gasteiger partial charge in [0.15, 0.2) is 0 Å². The van der Waals surface area contributed by atoms with E-state index in [1.807, 2.05) is 46.1 Å². The molecule has 0 saturated carbocycles. The van der Waals surface area contributed by atoms with Crippen LogP contribution in [0.3, 0.4) is 0 Å². The second-order valence-electron chi connectivity index (χ2n) is 5.19. The van der Waals surface area contributed by atoms with E-state index in [9.17, 15) is 4.79 Å². The minimum absolute atomic E-state index is 0.186. The molecule has 0 aliphatic carbocycles. The maximum atomic E-state index is 12.3. The lowest BCUT2D eigenvalue weighted by atomic mass is 10.2. The Morgan fingerprint density at radius 2 is 1.81 bits per heavy atom. The minimum atomic E-state index is 0.186. The molecule has 112 valence electrons. The normalized spacial score (nSPS) is 10.6. The number of benzene rings is 1. The van der Waals surface area contributed by atoms with Gasteiger partial charge in [0.2, 0.25) is 5.91 Å². The molecule has 1 aromatic heterocycles. The second-order valence-corrected chi connectivity index (χ2v) is 5.19. The number of aromatic nitrogens is 2. The van der Waals surface area contributed by atoms with E-state index < -0.39 is 0 Å². The quantitative estimate of drug-likeness (QED) is 0.784. The van der Waals surface area contributed by atoms with E-state index in [2.05, 4.69) is 18.9 Å². The first-order valence-corrected chi connectivity index (χ1v) is 7.61. The van der Waals surface area contributed by atoms with E-state index in [1.54, 1.807) is 6.20 Å². The average molecular weight is 285 g/mol. The third-order valence-electron chi connectivity index (χ3n) is 3.35. The van der Waals surface area contributed by atoms with Gasteiger partial charge in [-0.3, -0.25) is 4.79 Å². The average Bonchev–Trinajstić information content (AvgIpc) is 2.96. The number of nitrogens with zero attached hydrogens (tertiary/aromatic N) is 3. The highest BCUT2D eigenvalue weighted by Crippen LogP contribution is 2.09. The fourth-order valence-corrected chi connectivity index (χ4v) is 2.36. The van der Waals surface area contributed by atoms with Crippen molar-refractivity contribution in [2.75, 3.05) is 13.1 Å². The lowest BCUT2D eigenvalue weighted by Crippen LogP contribution is -2.33. The topological polar surface area (TPSA) is 38.1 Å². The van der Waals surface area contributed by atoms with Gasteiger partial charge < -0.3 is 4.90 Å². The molecule has 2 aromatic rings. The zero-order valence-electron chi connectivity index (χ0n) is 12.8. The van der Waals surface area contributed by atoms with E-state index in [0.29, 0.717) is 6.42 Å². The zero-order valence-corrected chi connectivity index (χ0v) is 12.8. The second kappa shape index (κ2) is 7.62. The highest BCUT2D eigenvalue weighted by Gasteiger charge is 2.13. The van der Waals surface area contributed by atoms with Gasteiger partial charge in [0, 0.05) is 19.3 Å². The van der Waals surface area contributed by atoms with Gasteiger partial charge in [0.1, 0.15) is 0 Å². The van der Waals surface area contributed by atoms with Gasteiger partial charge >= 0.3 is 0 Å². The number of hydrogen-bond donors (Lipinski definition) is 0. The molecule has 1 aromatic carbocycles. The number of carbonyl (C=O) groups is 1. The Morgan fingerprint density at radius 1 is 1.14 bits per heavy atom. The third-order valence-corrected chi connectivity index (χ3v) is 3.35. The largest absolute Gasteiger partial charge is 0.342 e. The van der Waals surface area contributed by atoms with Crippen molar-refractivity contribution < 1.29 is 4.79 Å². The van der Waals surface area contributed by atoms with Crippen molar-refractivity contribution in [3.8, 4) is 5.69 Å². The molecule has 0 radical (unpaired) electrons. The summed E-state index contributed by atoms with van der Waals surface area (Å²) in [6, 6.07) is 9.93. The van der Waals surface area contributed by atoms with Crippen LogP contribution < -0.4 is 0 Å².